The number of carbonyl (C=O) groups is 1. The molecule has 0 aliphatic carbocycles. The van der Waals surface area contributed by atoms with E-state index in [2.05, 4.69) is 10.5 Å². The summed E-state index contributed by atoms with van der Waals surface area (Å²) in [5, 5.41) is 2.99. The molecule has 106 valence electrons. The summed E-state index contributed by atoms with van der Waals surface area (Å²) < 4.78 is 5.60. The quantitative estimate of drug-likeness (QED) is 0.832. The lowest BCUT2D eigenvalue weighted by Gasteiger charge is -2.06. The van der Waals surface area contributed by atoms with E-state index in [4.69, 9.17) is 9.57 Å². The van der Waals surface area contributed by atoms with Crippen LogP contribution in [0.15, 0.2) is 29.6 Å². The highest BCUT2D eigenvalue weighted by Crippen LogP contribution is 2.15. The largest absolute Gasteiger partial charge is 0.487 e. The zero-order valence-corrected chi connectivity index (χ0v) is 12.2. The van der Waals surface area contributed by atoms with Crippen molar-refractivity contribution in [2.24, 2.45) is 0 Å². The van der Waals surface area contributed by atoms with Gasteiger partial charge in [0.15, 0.2) is 0 Å². The van der Waals surface area contributed by atoms with Crippen LogP contribution >= 0.6 is 11.3 Å². The molecule has 0 spiro atoms. The maximum Gasteiger partial charge on any atom is 0.274 e. The second-order valence-corrected chi connectivity index (χ2v) is 5.10. The van der Waals surface area contributed by atoms with Gasteiger partial charge in [-0.05, 0) is 38.1 Å². The van der Waals surface area contributed by atoms with Crippen molar-refractivity contribution in [3.8, 4) is 5.75 Å². The molecule has 0 radical (unpaired) electrons. The van der Waals surface area contributed by atoms with E-state index in [1.807, 2.05) is 12.3 Å². The first-order chi connectivity index (χ1) is 9.69. The van der Waals surface area contributed by atoms with Crippen molar-refractivity contribution in [1.29, 1.82) is 0 Å². The fourth-order valence-corrected chi connectivity index (χ4v) is 2.13. The number of rotatable bonds is 6. The summed E-state index contributed by atoms with van der Waals surface area (Å²) in [6.45, 7) is 4.62. The van der Waals surface area contributed by atoms with Gasteiger partial charge in [0.05, 0.1) is 17.3 Å². The van der Waals surface area contributed by atoms with Gasteiger partial charge < -0.3 is 4.74 Å². The number of aryl methyl sites for hydroxylation is 1. The number of hydrogen-bond acceptors (Lipinski definition) is 5. The molecule has 0 aliphatic heterocycles. The Bertz CT molecular complexity index is 566. The summed E-state index contributed by atoms with van der Waals surface area (Å²) in [6, 6.07) is 6.88. The van der Waals surface area contributed by atoms with Crippen LogP contribution in [0.4, 0.5) is 0 Å². The Kier molecular flexibility index (Phi) is 5.09. The smallest absolute Gasteiger partial charge is 0.274 e. The van der Waals surface area contributed by atoms with E-state index in [0.717, 1.165) is 10.7 Å². The van der Waals surface area contributed by atoms with E-state index in [-0.39, 0.29) is 5.91 Å². The SMILES string of the molecule is CCONC(=O)c1ccc(OCc2csc(C)n2)cc1. The third-order valence-electron chi connectivity index (χ3n) is 2.48. The normalized spacial score (nSPS) is 10.3. The molecule has 5 nitrogen and oxygen atoms in total. The van der Waals surface area contributed by atoms with E-state index in [1.54, 1.807) is 42.5 Å². The van der Waals surface area contributed by atoms with Crippen LogP contribution in [0.2, 0.25) is 0 Å². The average Bonchev–Trinajstić information content (AvgIpc) is 2.89. The third-order valence-corrected chi connectivity index (χ3v) is 3.30. The second kappa shape index (κ2) is 7.02. The number of hydrogen-bond donors (Lipinski definition) is 1. The summed E-state index contributed by atoms with van der Waals surface area (Å²) in [4.78, 5) is 20.8. The maximum absolute atomic E-state index is 11.6. The number of nitrogens with zero attached hydrogens (tertiary/aromatic N) is 1. The molecule has 2 aromatic rings. The number of hydroxylamine groups is 1. The van der Waals surface area contributed by atoms with Crippen LogP contribution < -0.4 is 10.2 Å². The summed E-state index contributed by atoms with van der Waals surface area (Å²) >= 11 is 1.60. The van der Waals surface area contributed by atoms with Crippen molar-refractivity contribution in [2.75, 3.05) is 6.61 Å². The van der Waals surface area contributed by atoms with Crippen LogP contribution in [-0.2, 0) is 11.4 Å². The maximum atomic E-state index is 11.6. The highest BCUT2D eigenvalue weighted by Gasteiger charge is 2.05. The fourth-order valence-electron chi connectivity index (χ4n) is 1.53. The summed E-state index contributed by atoms with van der Waals surface area (Å²) in [5.41, 5.74) is 3.77. The summed E-state index contributed by atoms with van der Waals surface area (Å²) in [7, 11) is 0. The van der Waals surface area contributed by atoms with E-state index >= 15 is 0 Å². The lowest BCUT2D eigenvalue weighted by molar-refractivity contribution is 0.0364. The first kappa shape index (κ1) is 14.5. The average molecular weight is 292 g/mol. The van der Waals surface area contributed by atoms with Gasteiger partial charge in [-0.1, -0.05) is 0 Å². The van der Waals surface area contributed by atoms with Crippen molar-refractivity contribution in [3.05, 3.63) is 45.9 Å². The molecule has 0 saturated heterocycles. The van der Waals surface area contributed by atoms with Crippen molar-refractivity contribution in [2.45, 2.75) is 20.5 Å². The highest BCUT2D eigenvalue weighted by atomic mass is 32.1. The Hall–Kier alpha value is -1.92. The van der Waals surface area contributed by atoms with Crippen LogP contribution in [0.5, 0.6) is 5.75 Å². The van der Waals surface area contributed by atoms with E-state index in [0.29, 0.717) is 24.5 Å². The first-order valence-electron chi connectivity index (χ1n) is 6.25. The zero-order chi connectivity index (χ0) is 14.4. The number of benzene rings is 1. The van der Waals surface area contributed by atoms with Crippen molar-refractivity contribution < 1.29 is 14.4 Å². The Balaban J connectivity index is 1.89. The molecule has 2 rings (SSSR count). The van der Waals surface area contributed by atoms with Crippen LogP contribution in [0.3, 0.4) is 0 Å². The molecular weight excluding hydrogens is 276 g/mol. The standard InChI is InChI=1S/C14H16N2O3S/c1-3-19-16-14(17)11-4-6-13(7-5-11)18-8-12-9-20-10(2)15-12/h4-7,9H,3,8H2,1-2H3,(H,16,17). The fraction of sp³-hybridized carbons (Fsp3) is 0.286. The van der Waals surface area contributed by atoms with Gasteiger partial charge in [-0.2, -0.15) is 0 Å². The van der Waals surface area contributed by atoms with Gasteiger partial charge in [0.2, 0.25) is 0 Å². The zero-order valence-electron chi connectivity index (χ0n) is 11.4. The number of aromatic nitrogens is 1. The molecule has 1 N–H and O–H groups in total. The molecule has 1 amide bonds. The van der Waals surface area contributed by atoms with Gasteiger partial charge in [0, 0.05) is 10.9 Å². The van der Waals surface area contributed by atoms with Crippen molar-refractivity contribution in [1.82, 2.24) is 10.5 Å². The predicted molar refractivity (Wildman–Crippen MR) is 76.7 cm³/mol. The molecule has 20 heavy (non-hydrogen) atoms. The second-order valence-electron chi connectivity index (χ2n) is 4.04. The summed E-state index contributed by atoms with van der Waals surface area (Å²) in [5.74, 6) is 0.428. The third kappa shape index (κ3) is 4.04. The minimum absolute atomic E-state index is 0.270. The van der Waals surface area contributed by atoms with Crippen LogP contribution in [0, 0.1) is 6.92 Å². The topological polar surface area (TPSA) is 60.5 Å². The number of carbonyl (C=O) groups excluding carboxylic acids is 1. The van der Waals surface area contributed by atoms with Crippen molar-refractivity contribution >= 4 is 17.2 Å². The van der Waals surface area contributed by atoms with Crippen LogP contribution in [0.1, 0.15) is 28.0 Å². The van der Waals surface area contributed by atoms with Gasteiger partial charge >= 0.3 is 0 Å². The first-order valence-corrected chi connectivity index (χ1v) is 7.13. The minimum Gasteiger partial charge on any atom is -0.487 e. The van der Waals surface area contributed by atoms with Gasteiger partial charge in [-0.3, -0.25) is 9.63 Å². The van der Waals surface area contributed by atoms with E-state index < -0.39 is 0 Å². The Labute approximate surface area is 121 Å². The molecule has 0 fully saturated rings. The molecule has 1 heterocycles. The lowest BCUT2D eigenvalue weighted by atomic mass is 10.2. The molecule has 0 bridgehead atoms. The highest BCUT2D eigenvalue weighted by molar-refractivity contribution is 7.09. The van der Waals surface area contributed by atoms with E-state index in [1.165, 1.54) is 0 Å². The Morgan fingerprint density at radius 2 is 2.10 bits per heavy atom. The Morgan fingerprint density at radius 3 is 2.70 bits per heavy atom. The molecule has 6 heteroatoms. The van der Waals surface area contributed by atoms with Crippen LogP contribution in [0.25, 0.3) is 0 Å². The predicted octanol–water partition coefficient (Wildman–Crippen LogP) is 2.71. The molecule has 0 aliphatic rings. The minimum atomic E-state index is -0.270. The lowest BCUT2D eigenvalue weighted by Crippen LogP contribution is -2.23. The molecular formula is C14H16N2O3S. The summed E-state index contributed by atoms with van der Waals surface area (Å²) in [6.07, 6.45) is 0. The van der Waals surface area contributed by atoms with Gasteiger partial charge in [0.25, 0.3) is 5.91 Å². The van der Waals surface area contributed by atoms with E-state index in [9.17, 15) is 4.79 Å². The van der Waals surface area contributed by atoms with Gasteiger partial charge in [-0.25, -0.2) is 10.5 Å². The Morgan fingerprint density at radius 1 is 1.35 bits per heavy atom. The molecule has 0 saturated carbocycles. The number of thiazole rings is 1. The number of amides is 1. The van der Waals surface area contributed by atoms with Gasteiger partial charge in [0.1, 0.15) is 12.4 Å². The van der Waals surface area contributed by atoms with Gasteiger partial charge in [-0.15, -0.1) is 11.3 Å². The molecule has 0 atom stereocenters. The van der Waals surface area contributed by atoms with Crippen molar-refractivity contribution in [3.63, 3.8) is 0 Å². The number of ether oxygens (including phenoxy) is 1. The molecule has 1 aromatic carbocycles. The molecule has 0 unspecified atom stereocenters. The number of nitrogens with one attached hydrogen (secondary N) is 1. The van der Waals surface area contributed by atoms with Crippen LogP contribution in [-0.4, -0.2) is 17.5 Å². The molecule has 1 aromatic heterocycles. The monoisotopic (exact) mass is 292 g/mol.